The van der Waals surface area contributed by atoms with Gasteiger partial charge in [0.25, 0.3) is 0 Å². The van der Waals surface area contributed by atoms with E-state index in [9.17, 15) is 25.9 Å². The number of hydrogen-bond acceptors (Lipinski definition) is 8. The normalized spacial score (nSPS) is 10.0. The second-order valence-corrected chi connectivity index (χ2v) is 3.45. The fourth-order valence-corrected chi connectivity index (χ4v) is 0. The van der Waals surface area contributed by atoms with Crippen LogP contribution in [0.3, 0.4) is 0 Å². The molecule has 0 amide bonds. The van der Waals surface area contributed by atoms with E-state index >= 15 is 0 Å². The van der Waals surface area contributed by atoms with Crippen molar-refractivity contribution < 1.29 is 34.3 Å². The van der Waals surface area contributed by atoms with E-state index in [0.29, 0.717) is 0 Å². The third-order valence-corrected chi connectivity index (χ3v) is 1.22. The van der Waals surface area contributed by atoms with Gasteiger partial charge in [-0.15, -0.1) is 0 Å². The van der Waals surface area contributed by atoms with E-state index in [2.05, 4.69) is 8.37 Å². The fourth-order valence-electron chi connectivity index (χ4n) is 0. The first-order chi connectivity index (χ1) is 5.12. The highest BCUT2D eigenvalue weighted by Crippen LogP contribution is 1.74. The fraction of sp³-hybridized carbons (Fsp3) is 1.00. The molecule has 0 unspecified atom stereocenters. The van der Waals surface area contributed by atoms with Crippen LogP contribution < -0.4 is 12.3 Å². The molecule has 10 nitrogen and oxygen atoms in total. The molecule has 0 aromatic heterocycles. The zero-order valence-corrected chi connectivity index (χ0v) is 9.72. The maximum atomic E-state index is 9.22. The van der Waals surface area contributed by atoms with Crippen molar-refractivity contribution in [3.8, 4) is 0 Å². The van der Waals surface area contributed by atoms with Crippen LogP contribution in [0.5, 0.6) is 0 Å². The van der Waals surface area contributed by atoms with E-state index in [4.69, 9.17) is 0 Å². The lowest BCUT2D eigenvalue weighted by Gasteiger charge is -1.98. The summed E-state index contributed by atoms with van der Waals surface area (Å²) in [6.07, 6.45) is 0. The molecule has 12 heteroatoms. The SMILES string of the molecule is COS(=O)(=O)[O-].COS(=O)(=O)[O-].[NH4+].[NH4+]. The summed E-state index contributed by atoms with van der Waals surface area (Å²) in [5.41, 5.74) is 0. The molecule has 0 radical (unpaired) electrons. The Morgan fingerprint density at radius 2 is 0.857 bits per heavy atom. The van der Waals surface area contributed by atoms with Crippen LogP contribution in [0.15, 0.2) is 0 Å². The largest absolute Gasteiger partial charge is 0.726 e. The minimum atomic E-state index is -4.41. The van der Waals surface area contributed by atoms with Crippen molar-refractivity contribution in [2.24, 2.45) is 0 Å². The standard InChI is InChI=1S/2CH4O4S.2H3N/c2*1-5-6(2,3)4;;/h2*1H3,(H,2,3,4);2*1H3. The highest BCUT2D eigenvalue weighted by Gasteiger charge is 1.79. The summed E-state index contributed by atoms with van der Waals surface area (Å²) in [4.78, 5) is 0. The molecule has 14 heavy (non-hydrogen) atoms. The summed E-state index contributed by atoms with van der Waals surface area (Å²) in [7, 11) is -7.21. The molecule has 0 aromatic rings. The van der Waals surface area contributed by atoms with Crippen LogP contribution in [0.1, 0.15) is 0 Å². The van der Waals surface area contributed by atoms with Crippen molar-refractivity contribution in [2.45, 2.75) is 0 Å². The van der Waals surface area contributed by atoms with Crippen molar-refractivity contribution in [2.75, 3.05) is 14.2 Å². The Bertz CT molecular complexity index is 259. The second-order valence-electron chi connectivity index (χ2n) is 1.15. The molecule has 0 rings (SSSR count). The lowest BCUT2D eigenvalue weighted by molar-refractivity contribution is 0.312. The van der Waals surface area contributed by atoms with E-state index in [-0.39, 0.29) is 12.3 Å². The number of quaternary nitrogens is 2. The number of hydrogen-bond donors (Lipinski definition) is 2. The van der Waals surface area contributed by atoms with Gasteiger partial charge in [0.15, 0.2) is 0 Å². The van der Waals surface area contributed by atoms with E-state index in [1.165, 1.54) is 0 Å². The monoisotopic (exact) mass is 258 g/mol. The van der Waals surface area contributed by atoms with Crippen LogP contribution in [0.25, 0.3) is 0 Å². The van der Waals surface area contributed by atoms with Gasteiger partial charge in [0.05, 0.1) is 14.2 Å². The maximum absolute atomic E-state index is 9.22. The first kappa shape index (κ1) is 23.5. The lowest BCUT2D eigenvalue weighted by atomic mass is 11.8. The smallest absolute Gasteiger partial charge is 0.217 e. The highest BCUT2D eigenvalue weighted by atomic mass is 32.3. The van der Waals surface area contributed by atoms with Gasteiger partial charge in [0, 0.05) is 0 Å². The third-order valence-electron chi connectivity index (χ3n) is 0.408. The summed E-state index contributed by atoms with van der Waals surface area (Å²) in [5, 5.41) is 0. The maximum Gasteiger partial charge on any atom is 0.217 e. The topological polar surface area (TPSA) is 206 Å². The second kappa shape index (κ2) is 9.22. The summed E-state index contributed by atoms with van der Waals surface area (Å²) in [6, 6.07) is 0. The number of rotatable bonds is 2. The van der Waals surface area contributed by atoms with Crippen LogP contribution in [-0.4, -0.2) is 40.2 Å². The Kier molecular flexibility index (Phi) is 15.5. The van der Waals surface area contributed by atoms with Gasteiger partial charge in [0.2, 0.25) is 20.8 Å². The van der Waals surface area contributed by atoms with Crippen LogP contribution in [-0.2, 0) is 29.2 Å². The van der Waals surface area contributed by atoms with Gasteiger partial charge in [0.1, 0.15) is 0 Å². The van der Waals surface area contributed by atoms with Gasteiger partial charge >= 0.3 is 0 Å². The quantitative estimate of drug-likeness (QED) is 0.459. The molecule has 92 valence electrons. The van der Waals surface area contributed by atoms with Crippen LogP contribution >= 0.6 is 0 Å². The summed E-state index contributed by atoms with van der Waals surface area (Å²) in [6.45, 7) is 0. The minimum Gasteiger partial charge on any atom is -0.726 e. The average molecular weight is 258 g/mol. The van der Waals surface area contributed by atoms with Gasteiger partial charge in [-0.25, -0.2) is 16.8 Å². The van der Waals surface area contributed by atoms with E-state index < -0.39 is 20.8 Å². The Morgan fingerprint density at radius 1 is 0.786 bits per heavy atom. The van der Waals surface area contributed by atoms with Crippen LogP contribution in [0.2, 0.25) is 0 Å². The van der Waals surface area contributed by atoms with Crippen molar-refractivity contribution in [3.63, 3.8) is 0 Å². The molecule has 0 fully saturated rings. The molecule has 0 aromatic carbocycles. The molecule has 0 heterocycles. The Hall–Kier alpha value is -0.340. The Balaban J connectivity index is -0.0000000625. The molecule has 0 bridgehead atoms. The van der Waals surface area contributed by atoms with Gasteiger partial charge in [-0.05, 0) is 0 Å². The lowest BCUT2D eigenvalue weighted by Crippen LogP contribution is -1.97. The molecule has 0 aliphatic heterocycles. The molecule has 0 spiro atoms. The first-order valence-corrected chi connectivity index (χ1v) is 4.82. The Labute approximate surface area is 82.3 Å². The summed E-state index contributed by atoms with van der Waals surface area (Å²) < 4.78 is 62.0. The molecule has 0 saturated heterocycles. The molecule has 0 aliphatic rings. The first-order valence-electron chi connectivity index (χ1n) is 2.15. The van der Waals surface area contributed by atoms with Crippen LogP contribution in [0.4, 0.5) is 0 Å². The molecular weight excluding hydrogens is 244 g/mol. The molecule has 0 atom stereocenters. The van der Waals surface area contributed by atoms with Crippen LogP contribution in [0, 0.1) is 0 Å². The molecule has 0 aliphatic carbocycles. The van der Waals surface area contributed by atoms with Crippen molar-refractivity contribution in [1.82, 2.24) is 12.3 Å². The average Bonchev–Trinajstić information content (AvgIpc) is 1.86. The predicted octanol–water partition coefficient (Wildman–Crippen LogP) is -1.06. The van der Waals surface area contributed by atoms with Gasteiger partial charge in [-0.1, -0.05) is 0 Å². The molecular formula is C2H14N2O8S2. The van der Waals surface area contributed by atoms with E-state index in [1.54, 1.807) is 0 Å². The van der Waals surface area contributed by atoms with E-state index in [0.717, 1.165) is 14.2 Å². The Morgan fingerprint density at radius 3 is 0.857 bits per heavy atom. The summed E-state index contributed by atoms with van der Waals surface area (Å²) >= 11 is 0. The zero-order valence-electron chi connectivity index (χ0n) is 8.08. The van der Waals surface area contributed by atoms with Gasteiger partial charge in [-0.2, -0.15) is 0 Å². The summed E-state index contributed by atoms with van der Waals surface area (Å²) in [5.74, 6) is 0. The van der Waals surface area contributed by atoms with Gasteiger partial charge in [-0.3, -0.25) is 8.37 Å². The van der Waals surface area contributed by atoms with Crippen molar-refractivity contribution in [1.29, 1.82) is 0 Å². The zero-order chi connectivity index (χ0) is 10.4. The minimum absolute atomic E-state index is 0. The molecule has 8 N–H and O–H groups in total. The molecule has 0 saturated carbocycles. The van der Waals surface area contributed by atoms with Crippen molar-refractivity contribution in [3.05, 3.63) is 0 Å². The van der Waals surface area contributed by atoms with Gasteiger partial charge < -0.3 is 21.4 Å². The van der Waals surface area contributed by atoms with Crippen molar-refractivity contribution >= 4 is 20.8 Å². The third kappa shape index (κ3) is 41.4. The highest BCUT2D eigenvalue weighted by molar-refractivity contribution is 7.81. The predicted molar refractivity (Wildman–Crippen MR) is 45.4 cm³/mol. The van der Waals surface area contributed by atoms with E-state index in [1.807, 2.05) is 0 Å².